The van der Waals surface area contributed by atoms with Gasteiger partial charge in [-0.3, -0.25) is 9.59 Å². The molecule has 0 saturated carbocycles. The van der Waals surface area contributed by atoms with E-state index >= 15 is 0 Å². The molecule has 6 heteroatoms. The highest BCUT2D eigenvalue weighted by Crippen LogP contribution is 2.24. The van der Waals surface area contributed by atoms with Gasteiger partial charge in [0, 0.05) is 19.4 Å². The summed E-state index contributed by atoms with van der Waals surface area (Å²) >= 11 is 0. The Labute approximate surface area is 280 Å². The second-order valence-electron chi connectivity index (χ2n) is 13.6. The van der Waals surface area contributed by atoms with Gasteiger partial charge in [0.15, 0.2) is 0 Å². The molecule has 0 bridgehead atoms. The van der Waals surface area contributed by atoms with Crippen molar-refractivity contribution in [2.75, 3.05) is 19.7 Å². The summed E-state index contributed by atoms with van der Waals surface area (Å²) in [7, 11) is 0. The van der Waals surface area contributed by atoms with E-state index in [0.717, 1.165) is 32.1 Å². The molecule has 0 aromatic heterocycles. The Morgan fingerprint density at radius 3 is 1.51 bits per heavy atom. The second kappa shape index (κ2) is 34.2. The first-order valence-electron chi connectivity index (χ1n) is 19.8. The van der Waals surface area contributed by atoms with Crippen molar-refractivity contribution in [3.63, 3.8) is 0 Å². The summed E-state index contributed by atoms with van der Waals surface area (Å²) in [5.41, 5.74) is 0. The normalized spacial score (nSPS) is 12.2. The molecule has 0 aliphatic rings. The van der Waals surface area contributed by atoms with E-state index in [1.165, 1.54) is 128 Å². The summed E-state index contributed by atoms with van der Waals surface area (Å²) in [6.07, 6.45) is 30.7. The summed E-state index contributed by atoms with van der Waals surface area (Å²) in [6.45, 7) is 10.0. The Bertz CT molecular complexity index is 627. The summed E-state index contributed by atoms with van der Waals surface area (Å²) in [4.78, 5) is 30.5. The molecule has 0 aromatic carbocycles. The SMILES string of the molecule is CCCCCCCCCCOC(=O)CCCN(CC(O)CC(CCCCCCCC)CCCCCCCC)OC(=O)CCCC. The quantitative estimate of drug-likeness (QED) is 0.0422. The van der Waals surface area contributed by atoms with Crippen LogP contribution in [0.4, 0.5) is 0 Å². The molecule has 0 amide bonds. The molecule has 0 radical (unpaired) electrons. The molecule has 45 heavy (non-hydrogen) atoms. The molecule has 1 atom stereocenters. The number of hydrogen-bond donors (Lipinski definition) is 1. The number of hydrogen-bond acceptors (Lipinski definition) is 6. The van der Waals surface area contributed by atoms with Crippen LogP contribution in [0.25, 0.3) is 0 Å². The topological polar surface area (TPSA) is 76.1 Å². The van der Waals surface area contributed by atoms with Crippen LogP contribution in [0.3, 0.4) is 0 Å². The Kier molecular flexibility index (Phi) is 33.3. The Morgan fingerprint density at radius 1 is 0.556 bits per heavy atom. The van der Waals surface area contributed by atoms with Crippen LogP contribution in [-0.2, 0) is 19.2 Å². The zero-order valence-electron chi connectivity index (χ0n) is 30.6. The predicted molar refractivity (Wildman–Crippen MR) is 190 cm³/mol. The van der Waals surface area contributed by atoms with Crippen molar-refractivity contribution in [2.45, 2.75) is 214 Å². The van der Waals surface area contributed by atoms with Crippen molar-refractivity contribution in [3.05, 3.63) is 0 Å². The molecule has 0 aromatic rings. The molecule has 0 heterocycles. The van der Waals surface area contributed by atoms with Gasteiger partial charge >= 0.3 is 11.9 Å². The van der Waals surface area contributed by atoms with E-state index in [1.807, 2.05) is 0 Å². The van der Waals surface area contributed by atoms with Gasteiger partial charge in [0.1, 0.15) is 0 Å². The molecular weight excluding hydrogens is 562 g/mol. The number of unbranched alkanes of at least 4 members (excludes halogenated alkanes) is 18. The largest absolute Gasteiger partial charge is 0.466 e. The number of ether oxygens (including phenoxy) is 1. The molecule has 0 saturated heterocycles. The van der Waals surface area contributed by atoms with Crippen LogP contribution in [0.5, 0.6) is 0 Å². The lowest BCUT2D eigenvalue weighted by Gasteiger charge is -2.26. The van der Waals surface area contributed by atoms with Gasteiger partial charge in [0.25, 0.3) is 0 Å². The van der Waals surface area contributed by atoms with E-state index in [2.05, 4.69) is 27.7 Å². The van der Waals surface area contributed by atoms with E-state index < -0.39 is 6.10 Å². The van der Waals surface area contributed by atoms with Crippen LogP contribution >= 0.6 is 0 Å². The molecule has 0 aliphatic carbocycles. The third-order valence-corrected chi connectivity index (χ3v) is 8.97. The third kappa shape index (κ3) is 31.2. The number of nitrogens with zero attached hydrogens (tertiary/aromatic N) is 1. The van der Waals surface area contributed by atoms with Gasteiger partial charge in [0.2, 0.25) is 0 Å². The fourth-order valence-corrected chi connectivity index (χ4v) is 6.08. The molecule has 0 spiro atoms. The lowest BCUT2D eigenvalue weighted by molar-refractivity contribution is -0.197. The fourth-order valence-electron chi connectivity index (χ4n) is 6.08. The summed E-state index contributed by atoms with van der Waals surface area (Å²) in [5.74, 6) is 0.0621. The van der Waals surface area contributed by atoms with Crippen molar-refractivity contribution < 1.29 is 24.3 Å². The zero-order valence-corrected chi connectivity index (χ0v) is 30.6. The molecule has 6 nitrogen and oxygen atoms in total. The molecule has 0 rings (SSSR count). The number of carbonyl (C=O) groups excluding carboxylic acids is 2. The van der Waals surface area contributed by atoms with E-state index in [-0.39, 0.29) is 11.9 Å². The lowest BCUT2D eigenvalue weighted by atomic mass is 9.89. The van der Waals surface area contributed by atoms with Crippen LogP contribution in [0, 0.1) is 5.92 Å². The number of hydroxylamine groups is 2. The standard InChI is InChI=1S/C39H77NO5/c1-5-9-13-16-19-20-23-26-33-44-38(42)31-27-32-40(45-39(43)30-12-8-4)35-37(41)34-36(28-24-21-17-14-10-6-2)29-25-22-18-15-11-7-3/h36-37,41H,5-35H2,1-4H3. The summed E-state index contributed by atoms with van der Waals surface area (Å²) in [6, 6.07) is 0. The van der Waals surface area contributed by atoms with Crippen LogP contribution in [0.1, 0.15) is 207 Å². The average molecular weight is 640 g/mol. The Morgan fingerprint density at radius 2 is 1.00 bits per heavy atom. The molecule has 0 aliphatic heterocycles. The first-order valence-corrected chi connectivity index (χ1v) is 19.8. The summed E-state index contributed by atoms with van der Waals surface area (Å²) < 4.78 is 5.46. The highest BCUT2D eigenvalue weighted by Gasteiger charge is 2.20. The monoisotopic (exact) mass is 640 g/mol. The molecule has 0 fully saturated rings. The van der Waals surface area contributed by atoms with E-state index in [0.29, 0.717) is 44.9 Å². The number of aliphatic hydroxyl groups is 1. The maximum atomic E-state index is 12.5. The lowest BCUT2D eigenvalue weighted by Crippen LogP contribution is -2.36. The first kappa shape index (κ1) is 43.9. The molecule has 1 N–H and O–H groups in total. The predicted octanol–water partition coefficient (Wildman–Crippen LogP) is 11.3. The first-order chi connectivity index (χ1) is 22.0. The molecule has 1 unspecified atom stereocenters. The van der Waals surface area contributed by atoms with Crippen molar-refractivity contribution in [1.82, 2.24) is 5.06 Å². The van der Waals surface area contributed by atoms with Crippen molar-refractivity contribution in [1.29, 1.82) is 0 Å². The van der Waals surface area contributed by atoms with Gasteiger partial charge in [-0.1, -0.05) is 169 Å². The van der Waals surface area contributed by atoms with Crippen molar-refractivity contribution in [2.24, 2.45) is 5.92 Å². The number of carbonyl (C=O) groups is 2. The third-order valence-electron chi connectivity index (χ3n) is 8.97. The van der Waals surface area contributed by atoms with Crippen molar-refractivity contribution in [3.8, 4) is 0 Å². The maximum Gasteiger partial charge on any atom is 0.325 e. The van der Waals surface area contributed by atoms with Gasteiger partial charge in [-0.05, 0) is 31.6 Å². The van der Waals surface area contributed by atoms with Crippen molar-refractivity contribution >= 4 is 11.9 Å². The molecule has 268 valence electrons. The second-order valence-corrected chi connectivity index (χ2v) is 13.6. The van der Waals surface area contributed by atoms with Gasteiger partial charge in [-0.25, -0.2) is 0 Å². The van der Waals surface area contributed by atoms with E-state index in [4.69, 9.17) is 9.57 Å². The van der Waals surface area contributed by atoms with Crippen LogP contribution in [0.2, 0.25) is 0 Å². The van der Waals surface area contributed by atoms with Gasteiger partial charge in [-0.15, -0.1) is 5.06 Å². The average Bonchev–Trinajstić information content (AvgIpc) is 3.02. The number of esters is 1. The Hall–Kier alpha value is -1.14. The zero-order chi connectivity index (χ0) is 33.2. The van der Waals surface area contributed by atoms with Gasteiger partial charge in [0.05, 0.1) is 19.3 Å². The minimum atomic E-state index is -0.553. The van der Waals surface area contributed by atoms with E-state index in [9.17, 15) is 14.7 Å². The fraction of sp³-hybridized carbons (Fsp3) is 0.949. The Balaban J connectivity index is 4.71. The van der Waals surface area contributed by atoms with Gasteiger partial charge < -0.3 is 14.7 Å². The highest BCUT2D eigenvalue weighted by molar-refractivity contribution is 5.69. The maximum absolute atomic E-state index is 12.5. The minimum absolute atomic E-state index is 0.186. The van der Waals surface area contributed by atoms with Crippen LogP contribution < -0.4 is 0 Å². The van der Waals surface area contributed by atoms with Crippen LogP contribution in [-0.4, -0.2) is 47.9 Å². The highest BCUT2D eigenvalue weighted by atomic mass is 16.7. The van der Waals surface area contributed by atoms with Crippen LogP contribution in [0.15, 0.2) is 0 Å². The smallest absolute Gasteiger partial charge is 0.325 e. The number of rotatable bonds is 35. The van der Waals surface area contributed by atoms with Gasteiger partial charge in [-0.2, -0.15) is 0 Å². The molecular formula is C39H77NO5. The number of aliphatic hydroxyl groups excluding tert-OH is 1. The van der Waals surface area contributed by atoms with E-state index in [1.54, 1.807) is 5.06 Å². The summed E-state index contributed by atoms with van der Waals surface area (Å²) in [5, 5.41) is 12.8. The minimum Gasteiger partial charge on any atom is -0.466 e.